The van der Waals surface area contributed by atoms with Crippen molar-refractivity contribution in [3.05, 3.63) is 35.8 Å². The Morgan fingerprint density at radius 1 is 1.29 bits per heavy atom. The standard InChI is InChI=1S/C16H19N5/c1-11-13(15-18-6-2-7-19-15)9-12-3-4-16(5-8-17-10-16)21-14(12)20-11/h2,6-7,9,17H,3-5,8,10H2,1H3,(H,20,21)/t16-/m0/s1/i/hD. The molecule has 5 nitrogen and oxygen atoms in total. The van der Waals surface area contributed by atoms with Gasteiger partial charge in [-0.1, -0.05) is 0 Å². The van der Waals surface area contributed by atoms with Crippen molar-refractivity contribution in [3.63, 3.8) is 0 Å². The van der Waals surface area contributed by atoms with E-state index in [0.717, 1.165) is 55.3 Å². The van der Waals surface area contributed by atoms with Gasteiger partial charge in [0.25, 0.3) is 0 Å². The Balaban J connectivity index is 1.70. The highest BCUT2D eigenvalue weighted by Crippen LogP contribution is 2.35. The van der Waals surface area contributed by atoms with Crippen LogP contribution in [0.2, 0.25) is 1.41 Å². The fourth-order valence-corrected chi connectivity index (χ4v) is 3.27. The summed E-state index contributed by atoms with van der Waals surface area (Å²) in [6.07, 6.45) is 6.57. The molecular formula is C16H19N5. The second kappa shape index (κ2) is 4.77. The first-order chi connectivity index (χ1) is 10.7. The van der Waals surface area contributed by atoms with Crippen LogP contribution in [0, 0.1) is 6.92 Å². The monoisotopic (exact) mass is 282 g/mol. The molecule has 0 unspecified atom stereocenters. The molecule has 2 N–H and O–H groups in total. The Morgan fingerprint density at radius 2 is 2.14 bits per heavy atom. The van der Waals surface area contributed by atoms with E-state index in [9.17, 15) is 0 Å². The predicted octanol–water partition coefficient (Wildman–Crippen LogP) is 1.94. The first kappa shape index (κ1) is 11.6. The van der Waals surface area contributed by atoms with Gasteiger partial charge in [0, 0.05) is 24.5 Å². The first-order valence-electron chi connectivity index (χ1n) is 7.90. The topological polar surface area (TPSA) is 62.7 Å². The highest BCUT2D eigenvalue weighted by atomic mass is 15.1. The maximum atomic E-state index is 7.82. The summed E-state index contributed by atoms with van der Waals surface area (Å²) in [6, 6.07) is 3.99. The van der Waals surface area contributed by atoms with Crippen molar-refractivity contribution in [2.24, 2.45) is 0 Å². The molecule has 0 amide bonds. The summed E-state index contributed by atoms with van der Waals surface area (Å²) in [5.74, 6) is 1.70. The van der Waals surface area contributed by atoms with Crippen LogP contribution < -0.4 is 10.6 Å². The summed E-state index contributed by atoms with van der Waals surface area (Å²) >= 11 is 0. The fourth-order valence-electron chi connectivity index (χ4n) is 3.27. The van der Waals surface area contributed by atoms with Crippen LogP contribution in [-0.2, 0) is 6.42 Å². The van der Waals surface area contributed by atoms with Gasteiger partial charge >= 0.3 is 0 Å². The molecule has 2 aliphatic heterocycles. The second-order valence-electron chi connectivity index (χ2n) is 5.96. The first-order valence-corrected chi connectivity index (χ1v) is 7.45. The normalized spacial score (nSPS) is 25.5. The molecule has 4 heterocycles. The van der Waals surface area contributed by atoms with Crippen LogP contribution in [0.1, 0.15) is 24.1 Å². The van der Waals surface area contributed by atoms with Crippen molar-refractivity contribution in [2.75, 3.05) is 18.4 Å². The average molecular weight is 282 g/mol. The molecule has 1 fully saturated rings. The zero-order chi connectivity index (χ0) is 15.2. The lowest BCUT2D eigenvalue weighted by Crippen LogP contribution is -2.44. The van der Waals surface area contributed by atoms with Crippen molar-refractivity contribution in [1.29, 1.82) is 0 Å². The van der Waals surface area contributed by atoms with Gasteiger partial charge in [-0.05, 0) is 50.4 Å². The van der Waals surface area contributed by atoms with E-state index < -0.39 is 0 Å². The highest BCUT2D eigenvalue weighted by Gasteiger charge is 2.37. The molecule has 2 aromatic rings. The molecule has 21 heavy (non-hydrogen) atoms. The molecule has 0 aliphatic carbocycles. The summed E-state index contributed by atoms with van der Waals surface area (Å²) < 4.78 is 7.82. The van der Waals surface area contributed by atoms with Crippen molar-refractivity contribution < 1.29 is 1.41 Å². The molecular weight excluding hydrogens is 262 g/mol. The minimum Gasteiger partial charge on any atom is -0.363 e. The number of aryl methyl sites for hydroxylation is 2. The van der Waals surface area contributed by atoms with Crippen LogP contribution in [0.4, 0.5) is 5.82 Å². The minimum atomic E-state index is 0.0267. The summed E-state index contributed by atoms with van der Waals surface area (Å²) in [5, 5.41) is 5.26. The molecule has 2 aliphatic rings. The molecule has 4 rings (SSSR count). The number of hydrogen-bond acceptors (Lipinski definition) is 5. The van der Waals surface area contributed by atoms with Gasteiger partial charge in [-0.2, -0.15) is 0 Å². The molecule has 1 atom stereocenters. The number of rotatable bonds is 1. The molecule has 2 aromatic heterocycles. The summed E-state index contributed by atoms with van der Waals surface area (Å²) in [5.41, 5.74) is 3.20. The molecule has 1 saturated heterocycles. The van der Waals surface area contributed by atoms with Gasteiger partial charge in [0.1, 0.15) is 7.23 Å². The predicted molar refractivity (Wildman–Crippen MR) is 82.2 cm³/mol. The van der Waals surface area contributed by atoms with Crippen molar-refractivity contribution >= 4 is 5.82 Å². The molecule has 1 spiro atoms. The van der Waals surface area contributed by atoms with Crippen LogP contribution in [0.3, 0.4) is 0 Å². The third-order valence-corrected chi connectivity index (χ3v) is 4.52. The van der Waals surface area contributed by atoms with E-state index in [1.807, 2.05) is 13.0 Å². The summed E-state index contributed by atoms with van der Waals surface area (Å²) in [6.45, 7) is 3.61. The van der Waals surface area contributed by atoms with Crippen LogP contribution >= 0.6 is 0 Å². The Labute approximate surface area is 125 Å². The highest BCUT2D eigenvalue weighted by molar-refractivity contribution is 5.64. The number of anilines is 1. The molecule has 0 bridgehead atoms. The molecule has 0 aromatic carbocycles. The summed E-state index contributed by atoms with van der Waals surface area (Å²) in [4.78, 5) is 13.4. The number of nitrogens with zero attached hydrogens (tertiary/aromatic N) is 3. The van der Waals surface area contributed by atoms with Gasteiger partial charge in [-0.3, -0.25) is 0 Å². The van der Waals surface area contributed by atoms with E-state index in [-0.39, 0.29) is 5.54 Å². The van der Waals surface area contributed by atoms with Crippen molar-refractivity contribution in [3.8, 4) is 11.4 Å². The van der Waals surface area contributed by atoms with E-state index in [2.05, 4.69) is 21.4 Å². The Bertz CT molecular complexity index is 705. The van der Waals surface area contributed by atoms with Crippen LogP contribution in [-0.4, -0.2) is 33.6 Å². The number of pyridine rings is 1. The van der Waals surface area contributed by atoms with E-state index >= 15 is 0 Å². The zero-order valence-corrected chi connectivity index (χ0v) is 12.1. The molecule has 5 heteroatoms. The van der Waals surface area contributed by atoms with Gasteiger partial charge in [0.2, 0.25) is 0 Å². The average Bonchev–Trinajstić information content (AvgIpc) is 2.88. The van der Waals surface area contributed by atoms with E-state index in [4.69, 9.17) is 6.40 Å². The lowest BCUT2D eigenvalue weighted by Gasteiger charge is -2.35. The van der Waals surface area contributed by atoms with Gasteiger partial charge in [0.05, 0.1) is 11.2 Å². The van der Waals surface area contributed by atoms with Gasteiger partial charge in [0.15, 0.2) is 5.82 Å². The van der Waals surface area contributed by atoms with Crippen LogP contribution in [0.5, 0.6) is 0 Å². The van der Waals surface area contributed by atoms with E-state index in [0.29, 0.717) is 0 Å². The minimum absolute atomic E-state index is 0.0267. The maximum absolute atomic E-state index is 7.82. The van der Waals surface area contributed by atoms with Crippen molar-refractivity contribution in [1.82, 2.24) is 20.3 Å². The number of aromatic nitrogens is 3. The largest absolute Gasteiger partial charge is 0.363 e. The van der Waals surface area contributed by atoms with Crippen LogP contribution in [0.25, 0.3) is 11.4 Å². The van der Waals surface area contributed by atoms with Gasteiger partial charge in [-0.25, -0.2) is 15.0 Å². The molecule has 108 valence electrons. The van der Waals surface area contributed by atoms with E-state index in [1.165, 1.54) is 5.56 Å². The number of nitrogens with one attached hydrogen (secondary N) is 2. The number of hydrogen-bond donors (Lipinski definition) is 2. The lowest BCUT2D eigenvalue weighted by atomic mass is 9.86. The van der Waals surface area contributed by atoms with Crippen molar-refractivity contribution in [2.45, 2.75) is 31.7 Å². The fraction of sp³-hybridized carbons (Fsp3) is 0.438. The Kier molecular flexibility index (Phi) is 2.64. The zero-order valence-electron chi connectivity index (χ0n) is 13.1. The Hall–Kier alpha value is -2.01. The summed E-state index contributed by atoms with van der Waals surface area (Å²) in [7, 11) is 0. The SMILES string of the molecule is [2H]N1CC[C@@]2(CCc3cc(-c4ncccn4)c(C)nc3N2)C1. The third kappa shape index (κ3) is 2.17. The smallest absolute Gasteiger partial charge is 0.160 e. The lowest BCUT2D eigenvalue weighted by molar-refractivity contribution is 0.454. The second-order valence-corrected chi connectivity index (χ2v) is 5.96. The Morgan fingerprint density at radius 3 is 2.90 bits per heavy atom. The van der Waals surface area contributed by atoms with Gasteiger partial charge in [-0.15, -0.1) is 0 Å². The van der Waals surface area contributed by atoms with E-state index in [1.54, 1.807) is 17.7 Å². The van der Waals surface area contributed by atoms with Gasteiger partial charge < -0.3 is 10.6 Å². The molecule has 0 saturated carbocycles. The number of fused-ring (bicyclic) bond motifs is 1. The molecule has 0 radical (unpaired) electrons. The maximum Gasteiger partial charge on any atom is 0.160 e. The third-order valence-electron chi connectivity index (χ3n) is 4.52. The quantitative estimate of drug-likeness (QED) is 0.837. The van der Waals surface area contributed by atoms with Crippen LogP contribution in [0.15, 0.2) is 24.5 Å².